The average molecular weight is 497 g/mol. The summed E-state index contributed by atoms with van der Waals surface area (Å²) in [4.78, 5) is 28.4. The van der Waals surface area contributed by atoms with Gasteiger partial charge in [-0.25, -0.2) is 14.6 Å². The van der Waals surface area contributed by atoms with Crippen LogP contribution in [0.15, 0.2) is 48.5 Å². The molecule has 2 aromatic carbocycles. The number of carbonyl (C=O) groups is 2. The predicted octanol–water partition coefficient (Wildman–Crippen LogP) is 5.69. The normalized spacial score (nSPS) is 12.3. The molecule has 2 amide bonds. The molecule has 1 aromatic heterocycles. The highest BCUT2D eigenvalue weighted by atomic mass is 32.1. The number of alkyl halides is 3. The third kappa shape index (κ3) is 7.80. The van der Waals surface area contributed by atoms with E-state index in [9.17, 15) is 22.8 Å². The lowest BCUT2D eigenvalue weighted by atomic mass is 10.1. The number of ether oxygens (including phenoxy) is 3. The van der Waals surface area contributed by atoms with Crippen LogP contribution in [0.5, 0.6) is 5.75 Å². The maximum Gasteiger partial charge on any atom is 0.573 e. The number of hydrogen-bond donors (Lipinski definition) is 2. The second-order valence-corrected chi connectivity index (χ2v) is 8.48. The zero-order chi connectivity index (χ0) is 24.7. The molecule has 0 radical (unpaired) electrons. The zero-order valence-electron chi connectivity index (χ0n) is 18.2. The van der Waals surface area contributed by atoms with Crippen molar-refractivity contribution in [1.82, 2.24) is 10.3 Å². The number of aromatic nitrogens is 1. The topological polar surface area (TPSA) is 98.8 Å². The molecule has 3 rings (SSSR count). The second-order valence-electron chi connectivity index (χ2n) is 7.45. The van der Waals surface area contributed by atoms with Gasteiger partial charge in [-0.3, -0.25) is 5.32 Å². The number of benzene rings is 2. The second kappa shape index (κ2) is 11.1. The van der Waals surface area contributed by atoms with Crippen LogP contribution in [-0.4, -0.2) is 36.2 Å². The highest BCUT2D eigenvalue weighted by Crippen LogP contribution is 2.31. The summed E-state index contributed by atoms with van der Waals surface area (Å²) in [5.41, 5.74) is 1.29. The summed E-state index contributed by atoms with van der Waals surface area (Å²) in [6.07, 6.45) is -6.99. The fourth-order valence-electron chi connectivity index (χ4n) is 2.75. The average Bonchev–Trinajstić information content (AvgIpc) is 3.15. The quantitative estimate of drug-likeness (QED) is 0.415. The van der Waals surface area contributed by atoms with Gasteiger partial charge in [0, 0.05) is 12.6 Å². The van der Waals surface area contributed by atoms with Crippen molar-refractivity contribution in [3.63, 3.8) is 0 Å². The van der Waals surface area contributed by atoms with E-state index in [0.29, 0.717) is 16.8 Å². The standard InChI is InChI=1S/C22H22F3N3O5S/c1-13(2)17(32-20(29)26-11-14-6-4-3-5-7-14)12-31-21(30)28-19-27-16-9-8-15(10-18(16)34-19)33-22(23,24)25/h3-10,13,17H,11-12H2,1-2H3,(H,26,29)(H,27,28,30). The number of rotatable bonds is 8. The Labute approximate surface area is 197 Å². The Morgan fingerprint density at radius 2 is 1.82 bits per heavy atom. The molecule has 0 saturated heterocycles. The Hall–Kier alpha value is -3.54. The first-order valence-corrected chi connectivity index (χ1v) is 11.0. The summed E-state index contributed by atoms with van der Waals surface area (Å²) in [5, 5.41) is 5.19. The first kappa shape index (κ1) is 25.1. The molecule has 0 saturated carbocycles. The third-order valence-electron chi connectivity index (χ3n) is 4.46. The number of thiazole rings is 1. The van der Waals surface area contributed by atoms with Gasteiger partial charge in [0.05, 0.1) is 10.2 Å². The number of amides is 2. The molecule has 1 heterocycles. The highest BCUT2D eigenvalue weighted by molar-refractivity contribution is 7.22. The Kier molecular flexibility index (Phi) is 8.16. The van der Waals surface area contributed by atoms with E-state index in [2.05, 4.69) is 20.4 Å². The van der Waals surface area contributed by atoms with Crippen molar-refractivity contribution in [1.29, 1.82) is 0 Å². The Morgan fingerprint density at radius 1 is 1.09 bits per heavy atom. The molecule has 3 aromatic rings. The van der Waals surface area contributed by atoms with Crippen LogP contribution in [0.1, 0.15) is 19.4 Å². The Bertz CT molecular complexity index is 1120. The van der Waals surface area contributed by atoms with Crippen LogP contribution in [0, 0.1) is 5.92 Å². The minimum absolute atomic E-state index is 0.131. The number of anilines is 1. The molecule has 34 heavy (non-hydrogen) atoms. The van der Waals surface area contributed by atoms with E-state index in [4.69, 9.17) is 9.47 Å². The fourth-order valence-corrected chi connectivity index (χ4v) is 3.63. The maximum atomic E-state index is 12.4. The van der Waals surface area contributed by atoms with Crippen LogP contribution >= 0.6 is 11.3 Å². The van der Waals surface area contributed by atoms with Crippen LogP contribution < -0.4 is 15.4 Å². The van der Waals surface area contributed by atoms with Crippen molar-refractivity contribution >= 4 is 38.9 Å². The predicted molar refractivity (Wildman–Crippen MR) is 120 cm³/mol. The summed E-state index contributed by atoms with van der Waals surface area (Å²) in [6, 6.07) is 12.9. The van der Waals surface area contributed by atoms with Gasteiger partial charge in [-0.2, -0.15) is 0 Å². The molecule has 0 fully saturated rings. The first-order valence-electron chi connectivity index (χ1n) is 10.2. The van der Waals surface area contributed by atoms with Gasteiger partial charge in [0.2, 0.25) is 0 Å². The van der Waals surface area contributed by atoms with Crippen molar-refractivity contribution in [3.8, 4) is 5.75 Å². The van der Waals surface area contributed by atoms with Crippen molar-refractivity contribution in [2.75, 3.05) is 11.9 Å². The number of alkyl carbamates (subject to hydrolysis) is 1. The molecule has 12 heteroatoms. The van der Waals surface area contributed by atoms with Crippen LogP contribution in [0.25, 0.3) is 10.2 Å². The number of hydrogen-bond acceptors (Lipinski definition) is 7. The number of fused-ring (bicyclic) bond motifs is 1. The molecule has 0 bridgehead atoms. The summed E-state index contributed by atoms with van der Waals surface area (Å²) in [7, 11) is 0. The summed E-state index contributed by atoms with van der Waals surface area (Å²) in [5.74, 6) is -0.523. The molecule has 1 atom stereocenters. The summed E-state index contributed by atoms with van der Waals surface area (Å²) in [6.45, 7) is 3.71. The number of carbonyl (C=O) groups excluding carboxylic acids is 2. The molecule has 1 unspecified atom stereocenters. The van der Waals surface area contributed by atoms with E-state index < -0.39 is 24.7 Å². The van der Waals surface area contributed by atoms with Gasteiger partial charge in [0.25, 0.3) is 0 Å². The summed E-state index contributed by atoms with van der Waals surface area (Å²) < 4.78 is 51.9. The fraction of sp³-hybridized carbons (Fsp3) is 0.318. The van der Waals surface area contributed by atoms with Crippen molar-refractivity contribution in [3.05, 3.63) is 54.1 Å². The molecular weight excluding hydrogens is 475 g/mol. The van der Waals surface area contributed by atoms with Crippen molar-refractivity contribution in [2.24, 2.45) is 5.92 Å². The molecule has 0 spiro atoms. The van der Waals surface area contributed by atoms with Crippen molar-refractivity contribution in [2.45, 2.75) is 32.9 Å². The van der Waals surface area contributed by atoms with Gasteiger partial charge in [-0.15, -0.1) is 13.2 Å². The van der Waals surface area contributed by atoms with E-state index in [0.717, 1.165) is 23.0 Å². The molecule has 182 valence electrons. The Morgan fingerprint density at radius 3 is 2.50 bits per heavy atom. The lowest BCUT2D eigenvalue weighted by Gasteiger charge is -2.21. The highest BCUT2D eigenvalue weighted by Gasteiger charge is 2.31. The third-order valence-corrected chi connectivity index (χ3v) is 5.40. The zero-order valence-corrected chi connectivity index (χ0v) is 19.0. The van der Waals surface area contributed by atoms with Crippen LogP contribution in [0.3, 0.4) is 0 Å². The first-order chi connectivity index (χ1) is 16.1. The minimum atomic E-state index is -4.81. The lowest BCUT2D eigenvalue weighted by molar-refractivity contribution is -0.274. The molecule has 0 aliphatic heterocycles. The lowest BCUT2D eigenvalue weighted by Crippen LogP contribution is -2.35. The molecule has 2 N–H and O–H groups in total. The largest absolute Gasteiger partial charge is 0.573 e. The van der Waals surface area contributed by atoms with E-state index in [1.807, 2.05) is 44.2 Å². The maximum absolute atomic E-state index is 12.4. The van der Waals surface area contributed by atoms with E-state index in [-0.39, 0.29) is 23.4 Å². The number of nitrogens with zero attached hydrogens (tertiary/aromatic N) is 1. The number of halogens is 3. The van der Waals surface area contributed by atoms with Crippen LogP contribution in [0.4, 0.5) is 27.9 Å². The van der Waals surface area contributed by atoms with Gasteiger partial charge in [-0.1, -0.05) is 55.5 Å². The van der Waals surface area contributed by atoms with E-state index in [1.165, 1.54) is 12.1 Å². The van der Waals surface area contributed by atoms with E-state index in [1.54, 1.807) is 0 Å². The molecular formula is C22H22F3N3O5S. The minimum Gasteiger partial charge on any atom is -0.445 e. The van der Waals surface area contributed by atoms with Gasteiger partial charge in [0.15, 0.2) is 5.13 Å². The monoisotopic (exact) mass is 497 g/mol. The van der Waals surface area contributed by atoms with Crippen LogP contribution in [0.2, 0.25) is 0 Å². The smallest absolute Gasteiger partial charge is 0.445 e. The van der Waals surface area contributed by atoms with Gasteiger partial charge in [0.1, 0.15) is 18.5 Å². The molecule has 0 aliphatic rings. The van der Waals surface area contributed by atoms with Gasteiger partial charge < -0.3 is 19.5 Å². The van der Waals surface area contributed by atoms with Gasteiger partial charge >= 0.3 is 18.5 Å². The SMILES string of the molecule is CC(C)C(COC(=O)Nc1nc2ccc(OC(F)(F)F)cc2s1)OC(=O)NCc1ccccc1. The van der Waals surface area contributed by atoms with Crippen LogP contribution in [-0.2, 0) is 16.0 Å². The molecule has 8 nitrogen and oxygen atoms in total. The van der Waals surface area contributed by atoms with Crippen molar-refractivity contribution < 1.29 is 37.0 Å². The number of nitrogens with one attached hydrogen (secondary N) is 2. The van der Waals surface area contributed by atoms with Gasteiger partial charge in [-0.05, 0) is 23.6 Å². The van der Waals surface area contributed by atoms with E-state index >= 15 is 0 Å². The summed E-state index contributed by atoms with van der Waals surface area (Å²) >= 11 is 0.956. The molecule has 0 aliphatic carbocycles. The Balaban J connectivity index is 1.50.